The number of rotatable bonds is 4. The smallest absolute Gasteiger partial charge is 0.249 e. The molecule has 0 saturated carbocycles. The first-order valence-corrected chi connectivity index (χ1v) is 8.01. The van der Waals surface area contributed by atoms with Gasteiger partial charge in [0.05, 0.1) is 6.42 Å². The van der Waals surface area contributed by atoms with Gasteiger partial charge in [0, 0.05) is 17.3 Å². The summed E-state index contributed by atoms with van der Waals surface area (Å²) in [5.41, 5.74) is 1.47. The number of hydrogen-bond donors (Lipinski definition) is 1. The normalized spacial score (nSPS) is 17.2. The predicted molar refractivity (Wildman–Crippen MR) is 90.5 cm³/mol. The molecule has 1 saturated heterocycles. The topological polar surface area (TPSA) is 49.4 Å². The quantitative estimate of drug-likeness (QED) is 0.925. The number of carbonyl (C=O) groups excluding carboxylic acids is 2. The van der Waals surface area contributed by atoms with Crippen molar-refractivity contribution in [3.63, 3.8) is 0 Å². The van der Waals surface area contributed by atoms with Gasteiger partial charge in [-0.1, -0.05) is 23.7 Å². The van der Waals surface area contributed by atoms with Crippen molar-refractivity contribution in [2.45, 2.75) is 18.9 Å². The molecule has 1 fully saturated rings. The van der Waals surface area contributed by atoms with Crippen LogP contribution in [-0.2, 0) is 16.0 Å². The molecule has 0 unspecified atom stereocenters. The highest BCUT2D eigenvalue weighted by atomic mass is 35.5. The summed E-state index contributed by atoms with van der Waals surface area (Å²) in [6.07, 6.45) is 0.722. The average molecular weight is 347 g/mol. The van der Waals surface area contributed by atoms with Crippen LogP contribution in [0.15, 0.2) is 48.5 Å². The number of amides is 2. The number of halogens is 2. The average Bonchev–Trinajstić information content (AvgIpc) is 2.91. The summed E-state index contributed by atoms with van der Waals surface area (Å²) in [6, 6.07) is 12.2. The maximum absolute atomic E-state index is 13.0. The third-order valence-corrected chi connectivity index (χ3v) is 4.21. The number of nitrogens with zero attached hydrogens (tertiary/aromatic N) is 1. The van der Waals surface area contributed by atoms with Crippen LogP contribution in [0.4, 0.5) is 10.1 Å². The van der Waals surface area contributed by atoms with Crippen molar-refractivity contribution in [3.05, 3.63) is 64.9 Å². The van der Waals surface area contributed by atoms with Gasteiger partial charge in [0.25, 0.3) is 0 Å². The van der Waals surface area contributed by atoms with Crippen molar-refractivity contribution in [2.75, 3.05) is 11.4 Å². The number of nitrogens with one attached hydrogen (secondary N) is 1. The first kappa shape index (κ1) is 16.5. The summed E-state index contributed by atoms with van der Waals surface area (Å²) in [5.74, 6) is -0.735. The summed E-state index contributed by atoms with van der Waals surface area (Å²) in [6.45, 7) is 0.496. The zero-order chi connectivity index (χ0) is 17.1. The number of hydrogen-bond acceptors (Lipinski definition) is 2. The standard InChI is InChI=1S/C18H16ClFN2O2/c19-13-3-1-12(2-4-13)11-17(23)21-16-9-10-22(18(16)24)15-7-5-14(20)6-8-15/h1-8,16H,9-11H2,(H,21,23)/t16-/m0/s1. The lowest BCUT2D eigenvalue weighted by molar-refractivity contribution is -0.126. The van der Waals surface area contributed by atoms with Crippen molar-refractivity contribution >= 4 is 29.1 Å². The molecule has 6 heteroatoms. The second-order valence-electron chi connectivity index (χ2n) is 5.68. The third kappa shape index (κ3) is 3.74. The molecule has 1 aliphatic rings. The van der Waals surface area contributed by atoms with E-state index >= 15 is 0 Å². The molecule has 0 aromatic heterocycles. The molecule has 0 aliphatic carbocycles. The van der Waals surface area contributed by atoms with Crippen LogP contribution >= 0.6 is 11.6 Å². The van der Waals surface area contributed by atoms with Gasteiger partial charge < -0.3 is 10.2 Å². The van der Waals surface area contributed by atoms with Crippen LogP contribution in [0, 0.1) is 5.82 Å². The van der Waals surface area contributed by atoms with Gasteiger partial charge in [-0.15, -0.1) is 0 Å². The fourth-order valence-electron chi connectivity index (χ4n) is 2.72. The van der Waals surface area contributed by atoms with E-state index in [4.69, 9.17) is 11.6 Å². The van der Waals surface area contributed by atoms with Crippen LogP contribution in [0.5, 0.6) is 0 Å². The minimum absolute atomic E-state index is 0.175. The fraction of sp³-hybridized carbons (Fsp3) is 0.222. The lowest BCUT2D eigenvalue weighted by Crippen LogP contribution is -2.42. The molecular weight excluding hydrogens is 331 g/mol. The van der Waals surface area contributed by atoms with Crippen LogP contribution < -0.4 is 10.2 Å². The minimum atomic E-state index is -0.546. The molecule has 1 aliphatic heterocycles. The molecular formula is C18H16ClFN2O2. The Morgan fingerprint density at radius 2 is 1.83 bits per heavy atom. The van der Waals surface area contributed by atoms with Crippen molar-refractivity contribution < 1.29 is 14.0 Å². The van der Waals surface area contributed by atoms with Crippen molar-refractivity contribution in [3.8, 4) is 0 Å². The first-order chi connectivity index (χ1) is 11.5. The highest BCUT2D eigenvalue weighted by Gasteiger charge is 2.33. The molecule has 0 radical (unpaired) electrons. The molecule has 2 amide bonds. The van der Waals surface area contributed by atoms with Crippen LogP contribution in [0.3, 0.4) is 0 Å². The number of benzene rings is 2. The minimum Gasteiger partial charge on any atom is -0.344 e. The molecule has 1 N–H and O–H groups in total. The van der Waals surface area contributed by atoms with Crippen LogP contribution in [-0.4, -0.2) is 24.4 Å². The lowest BCUT2D eigenvalue weighted by atomic mass is 10.1. The molecule has 2 aromatic rings. The highest BCUT2D eigenvalue weighted by molar-refractivity contribution is 6.30. The summed E-state index contributed by atoms with van der Waals surface area (Å²) >= 11 is 5.81. The van der Waals surface area contributed by atoms with Gasteiger partial charge in [-0.3, -0.25) is 9.59 Å². The summed E-state index contributed by atoms with van der Waals surface area (Å²) < 4.78 is 13.0. The van der Waals surface area contributed by atoms with Crippen molar-refractivity contribution in [1.29, 1.82) is 0 Å². The Morgan fingerprint density at radius 1 is 1.17 bits per heavy atom. The van der Waals surface area contributed by atoms with Crippen LogP contribution in [0.25, 0.3) is 0 Å². The second-order valence-corrected chi connectivity index (χ2v) is 6.11. The van der Waals surface area contributed by atoms with Crippen molar-refractivity contribution in [2.24, 2.45) is 0 Å². The van der Waals surface area contributed by atoms with E-state index in [-0.39, 0.29) is 24.1 Å². The third-order valence-electron chi connectivity index (χ3n) is 3.96. The zero-order valence-electron chi connectivity index (χ0n) is 12.8. The molecule has 0 spiro atoms. The van der Waals surface area contributed by atoms with Crippen LogP contribution in [0.2, 0.25) is 5.02 Å². The molecule has 24 heavy (non-hydrogen) atoms. The van der Waals surface area contributed by atoms with E-state index in [9.17, 15) is 14.0 Å². The molecule has 1 atom stereocenters. The number of anilines is 1. The van der Waals surface area contributed by atoms with E-state index in [0.29, 0.717) is 23.7 Å². The van der Waals surface area contributed by atoms with Crippen LogP contribution in [0.1, 0.15) is 12.0 Å². The van der Waals surface area contributed by atoms with E-state index in [1.54, 1.807) is 41.3 Å². The summed E-state index contributed by atoms with van der Waals surface area (Å²) in [4.78, 5) is 26.1. The van der Waals surface area contributed by atoms with E-state index in [1.165, 1.54) is 12.1 Å². The van der Waals surface area contributed by atoms with Gasteiger partial charge in [-0.25, -0.2) is 4.39 Å². The Morgan fingerprint density at radius 3 is 2.50 bits per heavy atom. The van der Waals surface area contributed by atoms with Gasteiger partial charge in [-0.2, -0.15) is 0 Å². The van der Waals surface area contributed by atoms with E-state index < -0.39 is 6.04 Å². The Labute approximate surface area is 144 Å². The highest BCUT2D eigenvalue weighted by Crippen LogP contribution is 2.22. The van der Waals surface area contributed by atoms with Gasteiger partial charge in [-0.05, 0) is 48.4 Å². The Bertz CT molecular complexity index is 747. The van der Waals surface area contributed by atoms with E-state index in [1.807, 2.05) is 0 Å². The van der Waals surface area contributed by atoms with Gasteiger partial charge >= 0.3 is 0 Å². The van der Waals surface area contributed by atoms with E-state index in [2.05, 4.69) is 5.32 Å². The SMILES string of the molecule is O=C(Cc1ccc(Cl)cc1)N[C@H]1CCN(c2ccc(F)cc2)C1=O. The largest absolute Gasteiger partial charge is 0.344 e. The van der Waals surface area contributed by atoms with E-state index in [0.717, 1.165) is 5.56 Å². The van der Waals surface area contributed by atoms with Gasteiger partial charge in [0.1, 0.15) is 11.9 Å². The second kappa shape index (κ2) is 7.01. The lowest BCUT2D eigenvalue weighted by Gasteiger charge is -2.17. The Balaban J connectivity index is 1.60. The van der Waals surface area contributed by atoms with Crippen molar-refractivity contribution in [1.82, 2.24) is 5.32 Å². The molecule has 1 heterocycles. The Hall–Kier alpha value is -2.40. The molecule has 0 bridgehead atoms. The number of carbonyl (C=O) groups is 2. The molecule has 4 nitrogen and oxygen atoms in total. The maximum Gasteiger partial charge on any atom is 0.249 e. The molecule has 124 valence electrons. The van der Waals surface area contributed by atoms with Gasteiger partial charge in [0.15, 0.2) is 0 Å². The van der Waals surface area contributed by atoms with Gasteiger partial charge in [0.2, 0.25) is 11.8 Å². The molecule has 2 aromatic carbocycles. The summed E-state index contributed by atoms with van der Waals surface area (Å²) in [7, 11) is 0. The summed E-state index contributed by atoms with van der Waals surface area (Å²) in [5, 5.41) is 3.38. The first-order valence-electron chi connectivity index (χ1n) is 7.64. The monoisotopic (exact) mass is 346 g/mol. The predicted octanol–water partition coefficient (Wildman–Crippen LogP) is 2.94. The maximum atomic E-state index is 13.0. The zero-order valence-corrected chi connectivity index (χ0v) is 13.6. The molecule has 3 rings (SSSR count). The Kier molecular flexibility index (Phi) is 4.81. The fourth-order valence-corrected chi connectivity index (χ4v) is 2.85.